The molecule has 0 atom stereocenters. The number of para-hydroxylation sites is 1. The zero-order chi connectivity index (χ0) is 15.4. The average Bonchev–Trinajstić information content (AvgIpc) is 3.05. The quantitative estimate of drug-likeness (QED) is 0.526. The van der Waals surface area contributed by atoms with Crippen LogP contribution in [0.3, 0.4) is 0 Å². The molecule has 0 amide bonds. The number of hydrogen-bond donors (Lipinski definition) is 2. The minimum absolute atomic E-state index is 0.0855. The van der Waals surface area contributed by atoms with Gasteiger partial charge in [0.05, 0.1) is 22.2 Å². The molecule has 0 fully saturated rings. The van der Waals surface area contributed by atoms with Gasteiger partial charge < -0.3 is 14.6 Å². The summed E-state index contributed by atoms with van der Waals surface area (Å²) in [5.74, 6) is -1.85. The molecule has 110 valence electrons. The third kappa shape index (κ3) is 1.54. The van der Waals surface area contributed by atoms with E-state index in [2.05, 4.69) is 5.10 Å². The van der Waals surface area contributed by atoms with Crippen LogP contribution in [0.25, 0.3) is 27.8 Å². The highest BCUT2D eigenvalue weighted by molar-refractivity contribution is 6.10. The summed E-state index contributed by atoms with van der Waals surface area (Å²) in [6.45, 7) is 1.76. The largest absolute Gasteiger partial charge is 0.507 e. The zero-order valence-electron chi connectivity index (χ0n) is 11.5. The Hall–Kier alpha value is -3.02. The third-order valence-electron chi connectivity index (χ3n) is 3.66. The van der Waals surface area contributed by atoms with E-state index in [0.717, 1.165) is 11.8 Å². The van der Waals surface area contributed by atoms with Gasteiger partial charge in [-0.25, -0.2) is 4.39 Å². The van der Waals surface area contributed by atoms with E-state index in [0.29, 0.717) is 16.8 Å². The van der Waals surface area contributed by atoms with E-state index in [4.69, 9.17) is 4.42 Å². The molecule has 0 aliphatic rings. The SMILES string of the molecule is Cc1nn(-c2ccccc2)c2oc3c(O)c(F)cc(O)c3c12. The van der Waals surface area contributed by atoms with Crippen molar-refractivity contribution in [2.24, 2.45) is 0 Å². The summed E-state index contributed by atoms with van der Waals surface area (Å²) in [4.78, 5) is 0. The lowest BCUT2D eigenvalue weighted by Crippen LogP contribution is -1.95. The number of halogens is 1. The summed E-state index contributed by atoms with van der Waals surface area (Å²) >= 11 is 0. The average molecular weight is 298 g/mol. The number of aromatic nitrogens is 2. The number of furan rings is 1. The van der Waals surface area contributed by atoms with Gasteiger partial charge in [-0.3, -0.25) is 0 Å². The lowest BCUT2D eigenvalue weighted by molar-refractivity contribution is 0.419. The van der Waals surface area contributed by atoms with E-state index in [9.17, 15) is 14.6 Å². The van der Waals surface area contributed by atoms with Crippen molar-refractivity contribution in [1.29, 1.82) is 0 Å². The van der Waals surface area contributed by atoms with Crippen molar-refractivity contribution in [3.05, 3.63) is 47.9 Å². The van der Waals surface area contributed by atoms with Gasteiger partial charge in [0.15, 0.2) is 17.1 Å². The first kappa shape index (κ1) is 12.7. The van der Waals surface area contributed by atoms with E-state index >= 15 is 0 Å². The maximum absolute atomic E-state index is 13.6. The zero-order valence-corrected chi connectivity index (χ0v) is 11.5. The molecule has 0 bridgehead atoms. The molecule has 2 aromatic heterocycles. The maximum Gasteiger partial charge on any atom is 0.231 e. The van der Waals surface area contributed by atoms with Gasteiger partial charge in [0.25, 0.3) is 0 Å². The summed E-state index contributed by atoms with van der Waals surface area (Å²) in [5.41, 5.74) is 1.63. The highest BCUT2D eigenvalue weighted by Crippen LogP contribution is 2.42. The smallest absolute Gasteiger partial charge is 0.231 e. The minimum atomic E-state index is -0.932. The molecule has 2 heterocycles. The van der Waals surface area contributed by atoms with Crippen LogP contribution in [0.15, 0.2) is 40.8 Å². The van der Waals surface area contributed by atoms with Crippen molar-refractivity contribution in [2.75, 3.05) is 0 Å². The fourth-order valence-electron chi connectivity index (χ4n) is 2.67. The van der Waals surface area contributed by atoms with Gasteiger partial charge >= 0.3 is 0 Å². The molecular weight excluding hydrogens is 287 g/mol. The lowest BCUT2D eigenvalue weighted by Gasteiger charge is -2.01. The van der Waals surface area contributed by atoms with Gasteiger partial charge in [0, 0.05) is 6.07 Å². The number of fused-ring (bicyclic) bond motifs is 3. The molecule has 4 aromatic rings. The van der Waals surface area contributed by atoms with E-state index in [1.54, 1.807) is 11.6 Å². The number of rotatable bonds is 1. The number of aryl methyl sites for hydroxylation is 1. The normalized spacial score (nSPS) is 11.5. The topological polar surface area (TPSA) is 71.4 Å². The van der Waals surface area contributed by atoms with E-state index in [1.165, 1.54) is 0 Å². The Labute approximate surface area is 123 Å². The first-order chi connectivity index (χ1) is 10.6. The Morgan fingerprint density at radius 1 is 1.14 bits per heavy atom. The Morgan fingerprint density at radius 3 is 2.59 bits per heavy atom. The van der Waals surface area contributed by atoms with Crippen LogP contribution in [0.2, 0.25) is 0 Å². The second-order valence-corrected chi connectivity index (χ2v) is 5.05. The molecule has 0 saturated heterocycles. The molecule has 0 unspecified atom stereocenters. The highest BCUT2D eigenvalue weighted by atomic mass is 19.1. The fraction of sp³-hybridized carbons (Fsp3) is 0.0625. The number of nitrogens with zero attached hydrogens (tertiary/aromatic N) is 2. The van der Waals surface area contributed by atoms with E-state index in [1.807, 2.05) is 30.3 Å². The van der Waals surface area contributed by atoms with Crippen LogP contribution >= 0.6 is 0 Å². The van der Waals surface area contributed by atoms with Crippen LogP contribution in [0.5, 0.6) is 11.5 Å². The van der Waals surface area contributed by atoms with Gasteiger partial charge in [-0.2, -0.15) is 9.78 Å². The Morgan fingerprint density at radius 2 is 1.86 bits per heavy atom. The Balaban J connectivity index is 2.18. The fourth-order valence-corrected chi connectivity index (χ4v) is 2.67. The second-order valence-electron chi connectivity index (χ2n) is 5.05. The van der Waals surface area contributed by atoms with Crippen LogP contribution in [-0.2, 0) is 0 Å². The van der Waals surface area contributed by atoms with Gasteiger partial charge in [0.2, 0.25) is 5.71 Å². The number of phenols is 2. The molecule has 5 nitrogen and oxygen atoms in total. The number of phenolic OH excluding ortho intramolecular Hbond substituents is 2. The predicted octanol–water partition coefficient (Wildman–Crippen LogP) is 3.63. The number of benzene rings is 2. The van der Waals surface area contributed by atoms with E-state index in [-0.39, 0.29) is 16.7 Å². The van der Waals surface area contributed by atoms with Crippen LogP contribution in [0, 0.1) is 12.7 Å². The molecule has 0 saturated carbocycles. The maximum atomic E-state index is 13.6. The van der Waals surface area contributed by atoms with E-state index < -0.39 is 11.6 Å². The number of aromatic hydroxyl groups is 2. The molecule has 6 heteroatoms. The lowest BCUT2D eigenvalue weighted by atomic mass is 10.1. The molecule has 4 rings (SSSR count). The van der Waals surface area contributed by atoms with Crippen LogP contribution < -0.4 is 0 Å². The van der Waals surface area contributed by atoms with Crippen molar-refractivity contribution in [2.45, 2.75) is 6.92 Å². The van der Waals surface area contributed by atoms with Crippen molar-refractivity contribution in [3.8, 4) is 17.2 Å². The standard InChI is InChI=1S/C16H11FN2O3/c1-8-12-13-11(20)7-10(17)14(21)15(13)22-16(12)19(18-8)9-5-3-2-4-6-9/h2-7,20-21H,1H3. The molecule has 22 heavy (non-hydrogen) atoms. The summed E-state index contributed by atoms with van der Waals surface area (Å²) in [7, 11) is 0. The Kier molecular flexibility index (Phi) is 2.45. The molecular formula is C16H11FN2O3. The molecule has 0 aliphatic carbocycles. The third-order valence-corrected chi connectivity index (χ3v) is 3.66. The van der Waals surface area contributed by atoms with Crippen LogP contribution in [0.4, 0.5) is 4.39 Å². The second kappa shape index (κ2) is 4.24. The van der Waals surface area contributed by atoms with Crippen molar-refractivity contribution in [3.63, 3.8) is 0 Å². The van der Waals surface area contributed by atoms with Crippen LogP contribution in [-0.4, -0.2) is 20.0 Å². The minimum Gasteiger partial charge on any atom is -0.507 e. The van der Waals surface area contributed by atoms with Crippen molar-refractivity contribution in [1.82, 2.24) is 9.78 Å². The predicted molar refractivity (Wildman–Crippen MR) is 78.9 cm³/mol. The molecule has 0 radical (unpaired) electrons. The monoisotopic (exact) mass is 298 g/mol. The summed E-state index contributed by atoms with van der Waals surface area (Å²) < 4.78 is 20.7. The Bertz CT molecular complexity index is 1020. The van der Waals surface area contributed by atoms with Gasteiger partial charge in [-0.05, 0) is 19.1 Å². The van der Waals surface area contributed by atoms with Gasteiger partial charge in [-0.15, -0.1) is 0 Å². The first-order valence-corrected chi connectivity index (χ1v) is 6.65. The summed E-state index contributed by atoms with van der Waals surface area (Å²) in [6, 6.07) is 10.2. The first-order valence-electron chi connectivity index (χ1n) is 6.65. The van der Waals surface area contributed by atoms with Crippen molar-refractivity contribution >= 4 is 22.1 Å². The van der Waals surface area contributed by atoms with Crippen LogP contribution in [0.1, 0.15) is 5.69 Å². The summed E-state index contributed by atoms with van der Waals surface area (Å²) in [6.07, 6.45) is 0. The van der Waals surface area contributed by atoms with Crippen molar-refractivity contribution < 1.29 is 19.0 Å². The molecule has 2 N–H and O–H groups in total. The molecule has 0 spiro atoms. The molecule has 0 aliphatic heterocycles. The number of hydrogen-bond acceptors (Lipinski definition) is 4. The highest BCUT2D eigenvalue weighted by Gasteiger charge is 2.23. The molecule has 2 aromatic carbocycles. The summed E-state index contributed by atoms with van der Waals surface area (Å²) in [5, 5.41) is 25.1. The van der Waals surface area contributed by atoms with Gasteiger partial charge in [-0.1, -0.05) is 18.2 Å². The van der Waals surface area contributed by atoms with Gasteiger partial charge in [0.1, 0.15) is 5.75 Å².